The summed E-state index contributed by atoms with van der Waals surface area (Å²) in [5, 5.41) is 9.19. The predicted molar refractivity (Wildman–Crippen MR) is 63.8 cm³/mol. The summed E-state index contributed by atoms with van der Waals surface area (Å²) in [7, 11) is 1.80. The van der Waals surface area contributed by atoms with E-state index in [0.29, 0.717) is 25.4 Å². The number of nitrogens with zero attached hydrogens (tertiary/aromatic N) is 1. The molecule has 94 valence electrons. The molecular weight excluding hydrogens is 204 g/mol. The lowest BCUT2D eigenvalue weighted by molar-refractivity contribution is -0.148. The molecule has 0 saturated heterocycles. The summed E-state index contributed by atoms with van der Waals surface area (Å²) >= 11 is 0. The Bertz CT molecular complexity index is 247. The number of rotatable bonds is 5. The largest absolute Gasteiger partial charge is 0.393 e. The minimum Gasteiger partial charge on any atom is -0.393 e. The number of aliphatic hydroxyl groups excluding tert-OH is 1. The van der Waals surface area contributed by atoms with E-state index in [-0.39, 0.29) is 17.4 Å². The summed E-state index contributed by atoms with van der Waals surface area (Å²) in [5.41, 5.74) is 5.42. The van der Waals surface area contributed by atoms with Crippen LogP contribution in [0.25, 0.3) is 0 Å². The van der Waals surface area contributed by atoms with E-state index in [1.807, 2.05) is 0 Å². The van der Waals surface area contributed by atoms with Crippen LogP contribution in [0.1, 0.15) is 33.1 Å². The van der Waals surface area contributed by atoms with Gasteiger partial charge in [-0.1, -0.05) is 6.92 Å². The Morgan fingerprint density at radius 2 is 2.19 bits per heavy atom. The fourth-order valence-electron chi connectivity index (χ4n) is 2.59. The first-order chi connectivity index (χ1) is 7.41. The molecule has 0 aliphatic heterocycles. The van der Waals surface area contributed by atoms with E-state index < -0.39 is 0 Å². The summed E-state index contributed by atoms with van der Waals surface area (Å²) in [4.78, 5) is 13.9. The highest BCUT2D eigenvalue weighted by atomic mass is 16.3. The highest BCUT2D eigenvalue weighted by Crippen LogP contribution is 2.45. The molecule has 1 amide bonds. The quantitative estimate of drug-likeness (QED) is 0.724. The topological polar surface area (TPSA) is 66.6 Å². The lowest BCUT2D eigenvalue weighted by Crippen LogP contribution is -2.54. The van der Waals surface area contributed by atoms with Crippen LogP contribution in [-0.2, 0) is 4.79 Å². The molecule has 0 aromatic rings. The molecule has 4 heteroatoms. The van der Waals surface area contributed by atoms with E-state index in [1.54, 1.807) is 18.9 Å². The maximum atomic E-state index is 12.2. The third-order valence-electron chi connectivity index (χ3n) is 3.55. The minimum absolute atomic E-state index is 0.147. The summed E-state index contributed by atoms with van der Waals surface area (Å²) in [5.74, 6) is 0.756. The van der Waals surface area contributed by atoms with Crippen LogP contribution in [0.2, 0.25) is 0 Å². The molecule has 1 rings (SSSR count). The zero-order valence-electron chi connectivity index (χ0n) is 10.6. The monoisotopic (exact) mass is 228 g/mol. The predicted octanol–water partition coefficient (Wildman–Crippen LogP) is 0.591. The number of hydrogen-bond acceptors (Lipinski definition) is 3. The number of amides is 1. The van der Waals surface area contributed by atoms with Gasteiger partial charge < -0.3 is 15.7 Å². The Morgan fingerprint density at radius 3 is 2.56 bits per heavy atom. The molecule has 1 unspecified atom stereocenters. The molecule has 4 nitrogen and oxygen atoms in total. The molecule has 1 aliphatic carbocycles. The van der Waals surface area contributed by atoms with Gasteiger partial charge in [0.15, 0.2) is 0 Å². The molecule has 1 fully saturated rings. The van der Waals surface area contributed by atoms with Gasteiger partial charge in [-0.05, 0) is 32.1 Å². The van der Waals surface area contributed by atoms with Gasteiger partial charge in [0, 0.05) is 20.1 Å². The fraction of sp³-hybridized carbons (Fsp3) is 0.917. The van der Waals surface area contributed by atoms with E-state index in [1.165, 1.54) is 0 Å². The number of carbonyl (C=O) groups excluding carboxylic acids is 1. The van der Waals surface area contributed by atoms with Crippen molar-refractivity contribution >= 4 is 5.91 Å². The SMILES string of the molecule is CC(O)CCN(C)C(=O)C1(CN)CC(C)C1. The normalized spacial score (nSPS) is 30.7. The van der Waals surface area contributed by atoms with Crippen LogP contribution in [-0.4, -0.2) is 42.2 Å². The van der Waals surface area contributed by atoms with Crippen molar-refractivity contribution in [2.75, 3.05) is 20.1 Å². The second-order valence-electron chi connectivity index (χ2n) is 5.36. The van der Waals surface area contributed by atoms with Crippen LogP contribution < -0.4 is 5.73 Å². The lowest BCUT2D eigenvalue weighted by Gasteiger charge is -2.46. The molecule has 1 atom stereocenters. The van der Waals surface area contributed by atoms with E-state index in [4.69, 9.17) is 5.73 Å². The van der Waals surface area contributed by atoms with Gasteiger partial charge in [-0.25, -0.2) is 0 Å². The van der Waals surface area contributed by atoms with E-state index in [9.17, 15) is 9.90 Å². The van der Waals surface area contributed by atoms with Crippen molar-refractivity contribution in [2.24, 2.45) is 17.1 Å². The van der Waals surface area contributed by atoms with Crippen molar-refractivity contribution in [2.45, 2.75) is 39.2 Å². The van der Waals surface area contributed by atoms with E-state index in [2.05, 4.69) is 6.92 Å². The number of carbonyl (C=O) groups is 1. The molecule has 1 saturated carbocycles. The van der Waals surface area contributed by atoms with Crippen molar-refractivity contribution in [1.82, 2.24) is 4.90 Å². The molecule has 0 bridgehead atoms. The van der Waals surface area contributed by atoms with Gasteiger partial charge in [-0.3, -0.25) is 4.79 Å². The van der Waals surface area contributed by atoms with Crippen molar-refractivity contribution < 1.29 is 9.90 Å². The summed E-state index contributed by atoms with van der Waals surface area (Å²) in [6, 6.07) is 0. The average Bonchev–Trinajstić information content (AvgIpc) is 2.19. The van der Waals surface area contributed by atoms with Gasteiger partial charge in [0.1, 0.15) is 0 Å². The maximum Gasteiger partial charge on any atom is 0.229 e. The van der Waals surface area contributed by atoms with Gasteiger partial charge in [0.05, 0.1) is 11.5 Å². The average molecular weight is 228 g/mol. The van der Waals surface area contributed by atoms with Crippen molar-refractivity contribution in [3.63, 3.8) is 0 Å². The van der Waals surface area contributed by atoms with Gasteiger partial charge >= 0.3 is 0 Å². The summed E-state index contributed by atoms with van der Waals surface area (Å²) in [6.45, 7) is 4.93. The molecule has 0 radical (unpaired) electrons. The Balaban J connectivity index is 2.49. The fourth-order valence-corrected chi connectivity index (χ4v) is 2.59. The number of hydrogen-bond donors (Lipinski definition) is 2. The summed E-state index contributed by atoms with van der Waals surface area (Å²) in [6.07, 6.45) is 2.07. The van der Waals surface area contributed by atoms with Gasteiger partial charge in [0.25, 0.3) is 0 Å². The van der Waals surface area contributed by atoms with E-state index >= 15 is 0 Å². The highest BCUT2D eigenvalue weighted by Gasteiger charge is 2.48. The number of nitrogens with two attached hydrogens (primary N) is 1. The minimum atomic E-state index is -0.357. The van der Waals surface area contributed by atoms with Gasteiger partial charge in [0.2, 0.25) is 5.91 Å². The summed E-state index contributed by atoms with van der Waals surface area (Å²) < 4.78 is 0. The molecule has 16 heavy (non-hydrogen) atoms. The Labute approximate surface area is 97.8 Å². The third-order valence-corrected chi connectivity index (χ3v) is 3.55. The van der Waals surface area contributed by atoms with Crippen LogP contribution in [0.4, 0.5) is 0 Å². The number of aliphatic hydroxyl groups is 1. The standard InChI is InChI=1S/C12H24N2O2/c1-9-6-12(7-9,8-13)11(16)14(3)5-4-10(2)15/h9-10,15H,4-8,13H2,1-3H3. The molecule has 0 aromatic carbocycles. The highest BCUT2D eigenvalue weighted by molar-refractivity contribution is 5.83. The molecule has 1 aliphatic rings. The maximum absolute atomic E-state index is 12.2. The Kier molecular flexibility index (Phi) is 4.33. The van der Waals surface area contributed by atoms with Crippen LogP contribution in [0.3, 0.4) is 0 Å². The van der Waals surface area contributed by atoms with Gasteiger partial charge in [-0.2, -0.15) is 0 Å². The molecule has 0 aromatic heterocycles. The Morgan fingerprint density at radius 1 is 1.62 bits per heavy atom. The second kappa shape index (κ2) is 5.15. The van der Waals surface area contributed by atoms with E-state index in [0.717, 1.165) is 12.8 Å². The first kappa shape index (κ1) is 13.5. The van der Waals surface area contributed by atoms with Crippen LogP contribution in [0, 0.1) is 11.3 Å². The molecule has 0 spiro atoms. The Hall–Kier alpha value is -0.610. The smallest absolute Gasteiger partial charge is 0.229 e. The molecular formula is C12H24N2O2. The third kappa shape index (κ3) is 2.74. The first-order valence-electron chi connectivity index (χ1n) is 6.05. The first-order valence-corrected chi connectivity index (χ1v) is 6.05. The van der Waals surface area contributed by atoms with Crippen molar-refractivity contribution in [3.05, 3.63) is 0 Å². The molecule has 0 heterocycles. The van der Waals surface area contributed by atoms with Gasteiger partial charge in [-0.15, -0.1) is 0 Å². The van der Waals surface area contributed by atoms with Crippen LogP contribution in [0.5, 0.6) is 0 Å². The van der Waals surface area contributed by atoms with Crippen LogP contribution in [0.15, 0.2) is 0 Å². The van der Waals surface area contributed by atoms with Crippen molar-refractivity contribution in [3.8, 4) is 0 Å². The zero-order valence-corrected chi connectivity index (χ0v) is 10.6. The second-order valence-corrected chi connectivity index (χ2v) is 5.36. The zero-order chi connectivity index (χ0) is 12.3. The molecule has 3 N–H and O–H groups in total. The van der Waals surface area contributed by atoms with Crippen molar-refractivity contribution in [1.29, 1.82) is 0 Å². The van der Waals surface area contributed by atoms with Crippen LogP contribution >= 0.6 is 0 Å². The lowest BCUT2D eigenvalue weighted by atomic mass is 9.62.